The summed E-state index contributed by atoms with van der Waals surface area (Å²) in [7, 11) is 1.50. The molecule has 2 aromatic rings. The molecule has 94 valence electrons. The molecule has 1 atom stereocenters. The summed E-state index contributed by atoms with van der Waals surface area (Å²) in [5.41, 5.74) is 6.82. The summed E-state index contributed by atoms with van der Waals surface area (Å²) in [6.45, 7) is 0. The number of methoxy groups -OCH3 is 1. The zero-order valence-corrected chi connectivity index (χ0v) is 11.2. The van der Waals surface area contributed by atoms with Crippen molar-refractivity contribution in [2.45, 2.75) is 6.04 Å². The molecule has 0 amide bonds. The van der Waals surface area contributed by atoms with E-state index in [1.807, 2.05) is 0 Å². The number of rotatable bonds is 3. The van der Waals surface area contributed by atoms with Gasteiger partial charge in [-0.05, 0) is 28.1 Å². The van der Waals surface area contributed by atoms with Gasteiger partial charge in [0.25, 0.3) is 0 Å². The van der Waals surface area contributed by atoms with Crippen LogP contribution in [0, 0.1) is 5.82 Å². The van der Waals surface area contributed by atoms with E-state index in [0.29, 0.717) is 21.6 Å². The summed E-state index contributed by atoms with van der Waals surface area (Å²) in [6.07, 6.45) is 0. The molecule has 1 aromatic carbocycles. The van der Waals surface area contributed by atoms with Crippen molar-refractivity contribution < 1.29 is 9.13 Å². The SMILES string of the molecule is COc1ccc(C(N)c2cccc(Br)c2F)nn1. The standard InChI is InChI=1S/C12H11BrFN3O/c1-18-10-6-5-9(16-17-10)12(15)7-3-2-4-8(13)11(7)14/h2-6,12H,15H2,1H3. The smallest absolute Gasteiger partial charge is 0.233 e. The Kier molecular flexibility index (Phi) is 3.88. The number of nitrogens with zero attached hydrogens (tertiary/aromatic N) is 2. The summed E-state index contributed by atoms with van der Waals surface area (Å²) in [6, 6.07) is 7.59. The average molecular weight is 312 g/mol. The summed E-state index contributed by atoms with van der Waals surface area (Å²) in [5.74, 6) is 0.00304. The zero-order chi connectivity index (χ0) is 13.1. The molecule has 1 heterocycles. The quantitative estimate of drug-likeness (QED) is 0.945. The highest BCUT2D eigenvalue weighted by Gasteiger charge is 2.17. The molecule has 0 bridgehead atoms. The number of benzene rings is 1. The number of hydrogen-bond donors (Lipinski definition) is 1. The van der Waals surface area contributed by atoms with Crippen LogP contribution in [0.2, 0.25) is 0 Å². The molecular formula is C12H11BrFN3O. The van der Waals surface area contributed by atoms with Crippen molar-refractivity contribution in [3.63, 3.8) is 0 Å². The first-order chi connectivity index (χ1) is 8.63. The number of halogens is 2. The summed E-state index contributed by atoms with van der Waals surface area (Å²) in [5, 5.41) is 7.72. The monoisotopic (exact) mass is 311 g/mol. The molecule has 1 unspecified atom stereocenters. The highest BCUT2D eigenvalue weighted by Crippen LogP contribution is 2.25. The number of aromatic nitrogens is 2. The van der Waals surface area contributed by atoms with Crippen LogP contribution in [0.15, 0.2) is 34.8 Å². The minimum Gasteiger partial charge on any atom is -0.480 e. The molecule has 0 saturated heterocycles. The van der Waals surface area contributed by atoms with E-state index in [1.165, 1.54) is 7.11 Å². The van der Waals surface area contributed by atoms with E-state index in [2.05, 4.69) is 26.1 Å². The molecular weight excluding hydrogens is 301 g/mol. The Labute approximate surface area is 112 Å². The Balaban J connectivity index is 2.35. The van der Waals surface area contributed by atoms with Crippen molar-refractivity contribution in [2.24, 2.45) is 5.73 Å². The van der Waals surface area contributed by atoms with Crippen LogP contribution in [-0.2, 0) is 0 Å². The Morgan fingerprint density at radius 1 is 1.28 bits per heavy atom. The van der Waals surface area contributed by atoms with Gasteiger partial charge in [-0.1, -0.05) is 12.1 Å². The van der Waals surface area contributed by atoms with E-state index < -0.39 is 6.04 Å². The number of hydrogen-bond acceptors (Lipinski definition) is 4. The fraction of sp³-hybridized carbons (Fsp3) is 0.167. The fourth-order valence-corrected chi connectivity index (χ4v) is 1.91. The van der Waals surface area contributed by atoms with Crippen LogP contribution in [0.3, 0.4) is 0 Å². The Bertz CT molecular complexity index is 548. The molecule has 0 aliphatic heterocycles. The second-order valence-electron chi connectivity index (χ2n) is 3.62. The van der Waals surface area contributed by atoms with Gasteiger partial charge < -0.3 is 10.5 Å². The average Bonchev–Trinajstić information content (AvgIpc) is 2.41. The van der Waals surface area contributed by atoms with E-state index in [1.54, 1.807) is 30.3 Å². The van der Waals surface area contributed by atoms with Gasteiger partial charge in [0, 0.05) is 11.6 Å². The molecule has 6 heteroatoms. The predicted octanol–water partition coefficient (Wildman–Crippen LogP) is 2.43. The predicted molar refractivity (Wildman–Crippen MR) is 68.7 cm³/mol. The van der Waals surface area contributed by atoms with Crippen LogP contribution in [0.5, 0.6) is 5.88 Å². The largest absolute Gasteiger partial charge is 0.480 e. The molecule has 0 fully saturated rings. The lowest BCUT2D eigenvalue weighted by molar-refractivity contribution is 0.390. The van der Waals surface area contributed by atoms with Crippen molar-refractivity contribution in [3.05, 3.63) is 51.9 Å². The normalized spacial score (nSPS) is 12.2. The van der Waals surface area contributed by atoms with Crippen molar-refractivity contribution in [1.82, 2.24) is 10.2 Å². The van der Waals surface area contributed by atoms with Crippen LogP contribution in [0.25, 0.3) is 0 Å². The first-order valence-electron chi connectivity index (χ1n) is 5.20. The second kappa shape index (κ2) is 5.41. The number of nitrogens with two attached hydrogens (primary N) is 1. The third kappa shape index (κ3) is 2.49. The summed E-state index contributed by atoms with van der Waals surface area (Å²) < 4.78 is 19.2. The maximum absolute atomic E-state index is 13.9. The minimum absolute atomic E-state index is 0.365. The lowest BCUT2D eigenvalue weighted by Crippen LogP contribution is -2.16. The molecule has 0 spiro atoms. The third-order valence-electron chi connectivity index (χ3n) is 2.51. The van der Waals surface area contributed by atoms with E-state index in [0.717, 1.165) is 0 Å². The molecule has 0 aliphatic carbocycles. The molecule has 0 radical (unpaired) electrons. The maximum Gasteiger partial charge on any atom is 0.233 e. The van der Waals surface area contributed by atoms with Crippen molar-refractivity contribution in [3.8, 4) is 5.88 Å². The van der Waals surface area contributed by atoms with Crippen LogP contribution in [-0.4, -0.2) is 17.3 Å². The molecule has 0 aliphatic rings. The van der Waals surface area contributed by atoms with E-state index in [9.17, 15) is 4.39 Å². The summed E-state index contributed by atoms with van der Waals surface area (Å²) in [4.78, 5) is 0. The van der Waals surface area contributed by atoms with E-state index in [4.69, 9.17) is 10.5 Å². The first kappa shape index (κ1) is 12.9. The van der Waals surface area contributed by atoms with Crippen LogP contribution < -0.4 is 10.5 Å². The van der Waals surface area contributed by atoms with Gasteiger partial charge in [-0.25, -0.2) is 4.39 Å². The lowest BCUT2D eigenvalue weighted by Gasteiger charge is -2.12. The highest BCUT2D eigenvalue weighted by atomic mass is 79.9. The molecule has 2 N–H and O–H groups in total. The topological polar surface area (TPSA) is 61.0 Å². The van der Waals surface area contributed by atoms with Crippen molar-refractivity contribution in [1.29, 1.82) is 0 Å². The zero-order valence-electron chi connectivity index (χ0n) is 9.60. The Hall–Kier alpha value is -1.53. The second-order valence-corrected chi connectivity index (χ2v) is 4.48. The van der Waals surface area contributed by atoms with E-state index in [-0.39, 0.29) is 5.82 Å². The maximum atomic E-state index is 13.9. The van der Waals surface area contributed by atoms with Gasteiger partial charge in [-0.3, -0.25) is 0 Å². The van der Waals surface area contributed by atoms with Gasteiger partial charge in [0.2, 0.25) is 5.88 Å². The van der Waals surface area contributed by atoms with Gasteiger partial charge >= 0.3 is 0 Å². The lowest BCUT2D eigenvalue weighted by atomic mass is 10.0. The Morgan fingerprint density at radius 3 is 2.67 bits per heavy atom. The van der Waals surface area contributed by atoms with Gasteiger partial charge in [-0.15, -0.1) is 10.2 Å². The first-order valence-corrected chi connectivity index (χ1v) is 6.00. The van der Waals surface area contributed by atoms with Gasteiger partial charge in [-0.2, -0.15) is 0 Å². The Morgan fingerprint density at radius 2 is 2.06 bits per heavy atom. The van der Waals surface area contributed by atoms with Crippen LogP contribution in [0.1, 0.15) is 17.3 Å². The van der Waals surface area contributed by atoms with Crippen molar-refractivity contribution in [2.75, 3.05) is 7.11 Å². The molecule has 18 heavy (non-hydrogen) atoms. The van der Waals surface area contributed by atoms with Gasteiger partial charge in [0.15, 0.2) is 0 Å². The third-order valence-corrected chi connectivity index (χ3v) is 3.12. The van der Waals surface area contributed by atoms with Crippen LogP contribution in [0.4, 0.5) is 4.39 Å². The number of ether oxygens (including phenoxy) is 1. The minimum atomic E-state index is -0.666. The van der Waals surface area contributed by atoms with Gasteiger partial charge in [0.1, 0.15) is 5.82 Å². The fourth-order valence-electron chi connectivity index (χ4n) is 1.53. The molecule has 1 aromatic heterocycles. The van der Waals surface area contributed by atoms with E-state index >= 15 is 0 Å². The highest BCUT2D eigenvalue weighted by molar-refractivity contribution is 9.10. The molecule has 4 nitrogen and oxygen atoms in total. The molecule has 2 rings (SSSR count). The summed E-state index contributed by atoms with van der Waals surface area (Å²) >= 11 is 3.12. The van der Waals surface area contributed by atoms with Gasteiger partial charge in [0.05, 0.1) is 23.3 Å². The molecule has 0 saturated carbocycles. The van der Waals surface area contributed by atoms with Crippen molar-refractivity contribution >= 4 is 15.9 Å². The van der Waals surface area contributed by atoms with Crippen LogP contribution >= 0.6 is 15.9 Å².